The van der Waals surface area contributed by atoms with Gasteiger partial charge in [-0.2, -0.15) is 0 Å². The number of rotatable bonds is 2. The van der Waals surface area contributed by atoms with Gasteiger partial charge in [0.25, 0.3) is 6.71 Å². The summed E-state index contributed by atoms with van der Waals surface area (Å²) in [5.74, 6) is 1.61. The van der Waals surface area contributed by atoms with Crippen LogP contribution in [0.3, 0.4) is 0 Å². The van der Waals surface area contributed by atoms with Gasteiger partial charge in [-0.1, -0.05) is 145 Å². The van der Waals surface area contributed by atoms with E-state index in [9.17, 15) is 0 Å². The van der Waals surface area contributed by atoms with Crippen molar-refractivity contribution >= 4 is 69.1 Å². The van der Waals surface area contributed by atoms with E-state index in [0.717, 1.165) is 31.3 Å². The summed E-state index contributed by atoms with van der Waals surface area (Å²) in [6, 6.07) is 23.1. The van der Waals surface area contributed by atoms with Gasteiger partial charge in [-0.3, -0.25) is 0 Å². The Bertz CT molecular complexity index is 3260. The molecule has 0 spiro atoms. The molecule has 5 aromatic rings. The van der Waals surface area contributed by atoms with Gasteiger partial charge in [0.15, 0.2) is 0 Å². The van der Waals surface area contributed by atoms with Crippen LogP contribution in [-0.2, 0) is 33.5 Å². The second-order valence-corrected chi connectivity index (χ2v) is 28.1. The number of hydrogen-bond donors (Lipinski definition) is 0. The molecule has 4 heterocycles. The van der Waals surface area contributed by atoms with E-state index in [1.807, 2.05) is 0 Å². The Kier molecular flexibility index (Phi) is 8.96. The van der Waals surface area contributed by atoms with Gasteiger partial charge < -0.3 is 14.2 Å². The summed E-state index contributed by atoms with van der Waals surface area (Å²) >= 11 is 0. The van der Waals surface area contributed by atoms with Crippen LogP contribution in [0.15, 0.2) is 82.8 Å². The van der Waals surface area contributed by atoms with Gasteiger partial charge >= 0.3 is 0 Å². The van der Waals surface area contributed by atoms with Crippen LogP contribution >= 0.6 is 0 Å². The zero-order valence-electron chi connectivity index (χ0n) is 45.3. The lowest BCUT2D eigenvalue weighted by molar-refractivity contribution is 0.119. The molecule has 0 amide bonds. The van der Waals surface area contributed by atoms with Gasteiger partial charge in [0, 0.05) is 40.0 Å². The number of furan rings is 1. The van der Waals surface area contributed by atoms with Gasteiger partial charge in [0.05, 0.1) is 22.7 Å². The fourth-order valence-corrected chi connectivity index (χ4v) is 15.5. The Morgan fingerprint density at radius 3 is 1.97 bits per heavy atom. The van der Waals surface area contributed by atoms with Crippen LogP contribution in [-0.4, -0.2) is 6.71 Å². The first-order valence-electron chi connectivity index (χ1n) is 27.3. The second kappa shape index (κ2) is 14.0. The molecule has 1 saturated carbocycles. The number of allylic oxidation sites excluding steroid dienone is 5. The van der Waals surface area contributed by atoms with Gasteiger partial charge in [0.2, 0.25) is 0 Å². The van der Waals surface area contributed by atoms with Crippen molar-refractivity contribution in [2.24, 2.45) is 16.7 Å². The number of benzene rings is 4. The lowest BCUT2D eigenvalue weighted by atomic mass is 9.34. The minimum atomic E-state index is -0.132. The number of nitrogens with zero attached hydrogens (tertiary/aromatic N) is 2. The molecule has 5 aliphatic carbocycles. The van der Waals surface area contributed by atoms with Crippen molar-refractivity contribution in [3.8, 4) is 0 Å². The summed E-state index contributed by atoms with van der Waals surface area (Å²) in [6.07, 6.45) is 20.1. The summed E-state index contributed by atoms with van der Waals surface area (Å²) in [5.41, 5.74) is 28.2. The zero-order valence-corrected chi connectivity index (χ0v) is 45.3. The molecule has 4 heteroatoms. The van der Waals surface area contributed by atoms with Crippen molar-refractivity contribution in [3.05, 3.63) is 134 Å². The highest BCUT2D eigenvalue weighted by Gasteiger charge is 2.56. The first kappa shape index (κ1) is 44.9. The van der Waals surface area contributed by atoms with E-state index in [-0.39, 0.29) is 44.6 Å². The van der Waals surface area contributed by atoms with Crippen molar-refractivity contribution in [2.75, 3.05) is 9.80 Å². The Hall–Kier alpha value is -4.96. The smallest absolute Gasteiger partial charge is 0.297 e. The van der Waals surface area contributed by atoms with E-state index in [0.29, 0.717) is 5.92 Å². The molecule has 2 atom stereocenters. The molecule has 13 rings (SSSR count). The van der Waals surface area contributed by atoms with Crippen LogP contribution < -0.4 is 26.4 Å². The summed E-state index contributed by atoms with van der Waals surface area (Å²) in [6.45, 7) is 37.1. The monoisotopic (exact) mass is 925 g/mol. The van der Waals surface area contributed by atoms with Crippen LogP contribution in [0.1, 0.15) is 204 Å². The number of fused-ring (bicyclic) bond motifs is 11. The second-order valence-electron chi connectivity index (χ2n) is 28.1. The van der Waals surface area contributed by atoms with Gasteiger partial charge in [-0.25, -0.2) is 0 Å². The first-order valence-corrected chi connectivity index (χ1v) is 27.3. The zero-order chi connectivity index (χ0) is 49.2. The Morgan fingerprint density at radius 1 is 0.629 bits per heavy atom. The maximum Gasteiger partial charge on any atom is 0.297 e. The molecule has 3 nitrogen and oxygen atoms in total. The van der Waals surface area contributed by atoms with Gasteiger partial charge in [0.1, 0.15) is 5.76 Å². The van der Waals surface area contributed by atoms with E-state index in [1.165, 1.54) is 127 Å². The molecule has 0 radical (unpaired) electrons. The van der Waals surface area contributed by atoms with E-state index < -0.39 is 0 Å². The molecule has 360 valence electrons. The minimum absolute atomic E-state index is 0.00296. The number of anilines is 6. The third kappa shape index (κ3) is 5.95. The summed E-state index contributed by atoms with van der Waals surface area (Å²) in [5, 5.41) is 0. The van der Waals surface area contributed by atoms with Crippen molar-refractivity contribution in [1.29, 1.82) is 0 Å². The quantitative estimate of drug-likeness (QED) is 0.161. The van der Waals surface area contributed by atoms with E-state index in [2.05, 4.69) is 193 Å². The molecule has 3 aliphatic heterocycles. The molecule has 8 aliphatic rings. The topological polar surface area (TPSA) is 19.6 Å². The molecule has 2 unspecified atom stereocenters. The molecule has 0 bridgehead atoms. The largest absolute Gasteiger partial charge is 0.472 e. The van der Waals surface area contributed by atoms with E-state index >= 15 is 0 Å². The number of aryl methyl sites for hydroxylation is 1. The molecule has 1 fully saturated rings. The molecule has 70 heavy (non-hydrogen) atoms. The van der Waals surface area contributed by atoms with E-state index in [1.54, 1.807) is 16.7 Å². The van der Waals surface area contributed by atoms with Crippen LogP contribution in [0.4, 0.5) is 34.1 Å². The predicted octanol–water partition coefficient (Wildman–Crippen LogP) is 16.1. The van der Waals surface area contributed by atoms with Crippen molar-refractivity contribution in [1.82, 2.24) is 0 Å². The van der Waals surface area contributed by atoms with Gasteiger partial charge in [-0.15, -0.1) is 0 Å². The highest BCUT2D eigenvalue weighted by atomic mass is 16.3. The molecule has 0 saturated heterocycles. The molecular formula is C66H77BN2O. The normalized spacial score (nSPS) is 25.1. The predicted molar refractivity (Wildman–Crippen MR) is 298 cm³/mol. The Morgan fingerprint density at radius 2 is 1.29 bits per heavy atom. The highest BCUT2D eigenvalue weighted by Crippen LogP contribution is 2.64. The summed E-state index contributed by atoms with van der Waals surface area (Å²) < 4.78 is 7.84. The third-order valence-electron chi connectivity index (χ3n) is 20.2. The van der Waals surface area contributed by atoms with Crippen molar-refractivity contribution in [2.45, 2.75) is 189 Å². The van der Waals surface area contributed by atoms with Crippen LogP contribution in [0.5, 0.6) is 0 Å². The molecule has 1 aromatic heterocycles. The fourth-order valence-electron chi connectivity index (χ4n) is 15.5. The maximum atomic E-state index is 7.84. The summed E-state index contributed by atoms with van der Waals surface area (Å²) in [4.78, 5) is 5.51. The Labute approximate surface area is 421 Å². The average molecular weight is 925 g/mol. The first-order chi connectivity index (χ1) is 32.8. The number of hydrogen-bond acceptors (Lipinski definition) is 3. The molecule has 0 N–H and O–H groups in total. The fraction of sp³-hybridized carbons (Fsp3) is 0.485. The average Bonchev–Trinajstić information content (AvgIpc) is 3.68. The van der Waals surface area contributed by atoms with Crippen LogP contribution in [0.2, 0.25) is 0 Å². The van der Waals surface area contributed by atoms with Gasteiger partial charge in [-0.05, 0) is 189 Å². The SMILES string of the molecule is Cc1cc2c3c(c1)N1c4cc5c(cc4C4(C)CCC(C)(C)c6ccc(c1c64)B3c1oc3c(c1N2c1ccc(C(C)(C)C)cc1C1=CCCC=C1)C=C1C(C3)C(C)(C)CCC1(C)C)C(C)(C)CCC5(C)C. The lowest BCUT2D eigenvalue weighted by Crippen LogP contribution is -2.62. The van der Waals surface area contributed by atoms with Crippen LogP contribution in [0, 0.1) is 23.7 Å². The van der Waals surface area contributed by atoms with E-state index in [4.69, 9.17) is 4.42 Å². The maximum absolute atomic E-state index is 7.84. The van der Waals surface area contributed by atoms with Crippen molar-refractivity contribution < 1.29 is 4.42 Å². The standard InChI is InChI=1S/C66H77BN2O/c1-38-31-52-56-53(32-38)69-51-36-46-45(63(9,10)26-27-64(46,11)12)35-48(51)66(15)30-29-61(5,6)43-22-23-49(58(69)55(43)66)67(56)59-57(42-34-44-47(37-54(42)70-59)65(13,14)28-25-62(44,7)8)68(52)50-24-21-40(60(2,3)4)33-41(50)39-19-17-16-18-20-39/h17,19-24,31-36,47H,16,18,25-30,37H2,1-15H3. The highest BCUT2D eigenvalue weighted by molar-refractivity contribution is 6.99. The molecule has 4 aromatic carbocycles. The third-order valence-corrected chi connectivity index (χ3v) is 20.2. The van der Waals surface area contributed by atoms with Crippen molar-refractivity contribution in [3.63, 3.8) is 0 Å². The molecular weight excluding hydrogens is 848 g/mol. The minimum Gasteiger partial charge on any atom is -0.472 e. The Balaban J connectivity index is 1.16. The summed E-state index contributed by atoms with van der Waals surface area (Å²) in [7, 11) is 0. The lowest BCUT2D eigenvalue weighted by Gasteiger charge is -2.55. The van der Waals surface area contributed by atoms with Crippen LogP contribution in [0.25, 0.3) is 11.6 Å².